The summed E-state index contributed by atoms with van der Waals surface area (Å²) >= 11 is 1.10. The highest BCUT2D eigenvalue weighted by Crippen LogP contribution is 2.29. The van der Waals surface area contributed by atoms with Gasteiger partial charge >= 0.3 is 0 Å². The molecule has 2 aromatic carbocycles. The quantitative estimate of drug-likeness (QED) is 0.158. The molecule has 0 saturated heterocycles. The first-order valence-corrected chi connectivity index (χ1v) is 14.4. The summed E-state index contributed by atoms with van der Waals surface area (Å²) < 4.78 is 35.4. The zero-order valence-electron chi connectivity index (χ0n) is 20.9. The van der Waals surface area contributed by atoms with Gasteiger partial charge in [0.25, 0.3) is 5.91 Å². The first kappa shape index (κ1) is 27.1. The van der Waals surface area contributed by atoms with Crippen molar-refractivity contribution in [2.24, 2.45) is 0 Å². The fourth-order valence-electron chi connectivity index (χ4n) is 3.82. The number of hydrogen-bond acceptors (Lipinski definition) is 9. The van der Waals surface area contributed by atoms with Crippen molar-refractivity contribution in [3.05, 3.63) is 109 Å². The van der Waals surface area contributed by atoms with Gasteiger partial charge in [0.05, 0.1) is 29.0 Å². The lowest BCUT2D eigenvalue weighted by molar-refractivity contribution is -0.133. The lowest BCUT2D eigenvalue weighted by Crippen LogP contribution is -2.32. The van der Waals surface area contributed by atoms with Crippen LogP contribution in [0, 0.1) is 0 Å². The summed E-state index contributed by atoms with van der Waals surface area (Å²) in [6.07, 6.45) is 3.30. The maximum absolute atomic E-state index is 12.8. The Morgan fingerprint density at radius 3 is 2.45 bits per heavy atom. The molecule has 0 aliphatic rings. The van der Waals surface area contributed by atoms with E-state index in [1.165, 1.54) is 16.9 Å². The number of sulfonamides is 1. The highest BCUT2D eigenvalue weighted by molar-refractivity contribution is 7.91. The summed E-state index contributed by atoms with van der Waals surface area (Å²) in [6.45, 7) is -0.141. The third kappa shape index (κ3) is 6.58. The summed E-state index contributed by atoms with van der Waals surface area (Å²) in [5.74, 6) is 0.639. The highest BCUT2D eigenvalue weighted by Gasteiger charge is 2.23. The molecule has 3 aromatic heterocycles. The van der Waals surface area contributed by atoms with Crippen LogP contribution in [0.5, 0.6) is 11.5 Å². The van der Waals surface area contributed by atoms with Gasteiger partial charge in [-0.25, -0.2) is 23.3 Å². The molecule has 0 bridgehead atoms. The molecule has 40 heavy (non-hydrogen) atoms. The molecule has 0 unspecified atom stereocenters. The number of carbonyl (C=O) groups excluding carboxylic acids is 1. The molecule has 13 heteroatoms. The molecular weight excluding hydrogens is 552 g/mol. The van der Waals surface area contributed by atoms with Crippen molar-refractivity contribution in [1.82, 2.24) is 30.2 Å². The predicted octanol–water partition coefficient (Wildman–Crippen LogP) is 3.96. The molecular formula is C27H24N6O5S2. The number of amides is 1. The smallest absolute Gasteiger partial charge is 0.268 e. The Labute approximate surface area is 234 Å². The van der Waals surface area contributed by atoms with Crippen molar-refractivity contribution < 1.29 is 23.2 Å². The second-order valence-electron chi connectivity index (χ2n) is 8.60. The average Bonchev–Trinajstić information content (AvgIpc) is 3.68. The number of nitrogens with zero attached hydrogens (tertiary/aromatic N) is 4. The zero-order valence-corrected chi connectivity index (χ0v) is 22.5. The van der Waals surface area contributed by atoms with Crippen molar-refractivity contribution in [2.75, 3.05) is 0 Å². The number of carbonyl (C=O) groups is 1. The van der Waals surface area contributed by atoms with E-state index in [4.69, 9.17) is 4.74 Å². The maximum atomic E-state index is 12.8. The van der Waals surface area contributed by atoms with Crippen LogP contribution in [0.15, 0.2) is 102 Å². The second kappa shape index (κ2) is 12.2. The largest absolute Gasteiger partial charge is 0.457 e. The number of rotatable bonds is 11. The molecule has 5 aromatic rings. The first-order chi connectivity index (χ1) is 19.4. The second-order valence-corrected chi connectivity index (χ2v) is 11.7. The molecule has 0 aliphatic carbocycles. The molecule has 11 nitrogen and oxygen atoms in total. The van der Waals surface area contributed by atoms with E-state index in [9.17, 15) is 18.4 Å². The van der Waals surface area contributed by atoms with Crippen LogP contribution in [-0.4, -0.2) is 39.5 Å². The highest BCUT2D eigenvalue weighted by atomic mass is 32.2. The molecule has 3 N–H and O–H groups in total. The lowest BCUT2D eigenvalue weighted by atomic mass is 10.1. The minimum Gasteiger partial charge on any atom is -0.457 e. The Balaban J connectivity index is 1.24. The van der Waals surface area contributed by atoms with Crippen molar-refractivity contribution >= 4 is 27.3 Å². The van der Waals surface area contributed by atoms with Crippen LogP contribution in [0.3, 0.4) is 0 Å². The van der Waals surface area contributed by atoms with Gasteiger partial charge in [-0.05, 0) is 54.1 Å². The third-order valence-electron chi connectivity index (χ3n) is 5.83. The fraction of sp³-hybridized carbons (Fsp3) is 0.111. The van der Waals surface area contributed by atoms with Crippen molar-refractivity contribution in [2.45, 2.75) is 23.2 Å². The number of aromatic nitrogens is 4. The molecule has 1 amide bonds. The van der Waals surface area contributed by atoms with Gasteiger partial charge in [-0.2, -0.15) is 0 Å². The molecule has 0 saturated carbocycles. The minimum atomic E-state index is -3.82. The SMILES string of the molecule is O=C(NO)[C@H](Cc1ccc(Oc2ccccc2)cc1)n1cc(CNS(=O)(=O)c2ccc(-c3ccccn3)s2)nn1. The third-order valence-corrected chi connectivity index (χ3v) is 8.83. The molecule has 3 heterocycles. The van der Waals surface area contributed by atoms with E-state index in [-0.39, 0.29) is 17.2 Å². The Bertz CT molecular complexity index is 1670. The van der Waals surface area contributed by atoms with Gasteiger partial charge in [0.15, 0.2) is 0 Å². The topological polar surface area (TPSA) is 148 Å². The van der Waals surface area contributed by atoms with Crippen LogP contribution in [0.1, 0.15) is 17.3 Å². The van der Waals surface area contributed by atoms with E-state index < -0.39 is 22.0 Å². The number of thiophene rings is 1. The van der Waals surface area contributed by atoms with Gasteiger partial charge in [-0.15, -0.1) is 16.4 Å². The lowest BCUT2D eigenvalue weighted by Gasteiger charge is -2.15. The van der Waals surface area contributed by atoms with Gasteiger partial charge in [0, 0.05) is 12.6 Å². The van der Waals surface area contributed by atoms with Gasteiger partial charge in [0.2, 0.25) is 10.0 Å². The summed E-state index contributed by atoms with van der Waals surface area (Å²) in [5.41, 5.74) is 3.43. The Morgan fingerprint density at radius 1 is 0.975 bits per heavy atom. The number of pyridine rings is 1. The summed E-state index contributed by atoms with van der Waals surface area (Å²) in [4.78, 5) is 17.4. The first-order valence-electron chi connectivity index (χ1n) is 12.1. The van der Waals surface area contributed by atoms with E-state index in [0.717, 1.165) is 21.8 Å². The minimum absolute atomic E-state index is 0.137. The number of para-hydroxylation sites is 1. The Kier molecular flexibility index (Phi) is 8.26. The van der Waals surface area contributed by atoms with Crippen molar-refractivity contribution in [3.63, 3.8) is 0 Å². The van der Waals surface area contributed by atoms with Crippen LogP contribution >= 0.6 is 11.3 Å². The Morgan fingerprint density at radius 2 is 1.73 bits per heavy atom. The molecule has 0 aliphatic heterocycles. The van der Waals surface area contributed by atoms with Crippen LogP contribution in [0.2, 0.25) is 0 Å². The number of benzene rings is 2. The molecule has 0 spiro atoms. The Hall–Kier alpha value is -4.43. The van der Waals surface area contributed by atoms with E-state index in [2.05, 4.69) is 20.0 Å². The normalized spacial score (nSPS) is 12.1. The maximum Gasteiger partial charge on any atom is 0.268 e. The van der Waals surface area contributed by atoms with Crippen LogP contribution in [0.25, 0.3) is 10.6 Å². The average molecular weight is 577 g/mol. The number of ether oxygens (including phenoxy) is 1. The van der Waals surface area contributed by atoms with E-state index in [1.807, 2.05) is 48.5 Å². The monoisotopic (exact) mass is 576 g/mol. The van der Waals surface area contributed by atoms with Gasteiger partial charge in [-0.1, -0.05) is 41.6 Å². The standard InChI is InChI=1S/C27H24N6O5S2/c34-27(31-35)24(16-19-9-11-22(12-10-19)38-21-6-2-1-3-7-21)33-18-20(30-32-33)17-29-40(36,37)26-14-13-25(39-26)23-8-4-5-15-28-23/h1-15,18,24,29,35H,16-17H2,(H,31,34)/t24-/m0/s1. The van der Waals surface area contributed by atoms with Crippen molar-refractivity contribution in [3.8, 4) is 22.1 Å². The van der Waals surface area contributed by atoms with E-state index in [0.29, 0.717) is 22.9 Å². The molecule has 204 valence electrons. The van der Waals surface area contributed by atoms with Gasteiger partial charge in [-0.3, -0.25) is 15.0 Å². The van der Waals surface area contributed by atoms with Gasteiger partial charge in [0.1, 0.15) is 21.8 Å². The van der Waals surface area contributed by atoms with Gasteiger partial charge < -0.3 is 4.74 Å². The number of nitrogens with one attached hydrogen (secondary N) is 2. The van der Waals surface area contributed by atoms with Crippen LogP contribution in [0.4, 0.5) is 0 Å². The summed E-state index contributed by atoms with van der Waals surface area (Å²) in [7, 11) is -3.82. The number of hydroxylamine groups is 1. The molecule has 5 rings (SSSR count). The van der Waals surface area contributed by atoms with E-state index in [1.54, 1.807) is 42.0 Å². The summed E-state index contributed by atoms with van der Waals surface area (Å²) in [5, 5.41) is 17.3. The molecule has 0 fully saturated rings. The fourth-order valence-corrected chi connectivity index (χ4v) is 6.15. The molecule has 0 radical (unpaired) electrons. The van der Waals surface area contributed by atoms with Crippen LogP contribution in [-0.2, 0) is 27.8 Å². The number of hydrogen-bond donors (Lipinski definition) is 3. The van der Waals surface area contributed by atoms with E-state index >= 15 is 0 Å². The predicted molar refractivity (Wildman–Crippen MR) is 147 cm³/mol. The molecule has 1 atom stereocenters. The van der Waals surface area contributed by atoms with Crippen LogP contribution < -0.4 is 14.9 Å². The van der Waals surface area contributed by atoms with Crippen molar-refractivity contribution in [1.29, 1.82) is 0 Å². The summed E-state index contributed by atoms with van der Waals surface area (Å²) in [6, 6.07) is 24.2. The zero-order chi connectivity index (χ0) is 28.0.